The minimum Gasteiger partial charge on any atom is -0.467 e. The molecule has 2 aromatic rings. The number of benzene rings is 2. The van der Waals surface area contributed by atoms with Crippen LogP contribution in [0.25, 0.3) is 0 Å². The predicted octanol–water partition coefficient (Wildman–Crippen LogP) is 2.75. The lowest BCUT2D eigenvalue weighted by molar-refractivity contribution is 0.0503. The van der Waals surface area contributed by atoms with Crippen molar-refractivity contribution in [3.8, 4) is 5.75 Å². The molecule has 25 heavy (non-hydrogen) atoms. The van der Waals surface area contributed by atoms with E-state index in [2.05, 4.69) is 4.74 Å². The Morgan fingerprint density at radius 1 is 0.960 bits per heavy atom. The second kappa shape index (κ2) is 8.30. The molecule has 0 saturated carbocycles. The van der Waals surface area contributed by atoms with Crippen LogP contribution in [-0.2, 0) is 9.47 Å². The Balaban J connectivity index is 2.38. The lowest BCUT2D eigenvalue weighted by Crippen LogP contribution is -2.12. The zero-order chi connectivity index (χ0) is 18.4. The fourth-order valence-corrected chi connectivity index (χ4v) is 2.25. The zero-order valence-corrected chi connectivity index (χ0v) is 14.7. The van der Waals surface area contributed by atoms with Crippen molar-refractivity contribution in [2.24, 2.45) is 0 Å². The third-order valence-electron chi connectivity index (χ3n) is 3.62. The van der Waals surface area contributed by atoms with Crippen LogP contribution in [0.2, 0.25) is 0 Å². The van der Waals surface area contributed by atoms with Crippen LogP contribution in [0.4, 0.5) is 5.69 Å². The highest BCUT2D eigenvalue weighted by molar-refractivity contribution is 6.11. The highest BCUT2D eigenvalue weighted by atomic mass is 16.7. The lowest BCUT2D eigenvalue weighted by atomic mass is 10.0. The number of ether oxygens (including phenoxy) is 3. The molecule has 0 saturated heterocycles. The Kier molecular flexibility index (Phi) is 6.14. The van der Waals surface area contributed by atoms with Gasteiger partial charge in [0, 0.05) is 32.5 Å². The number of anilines is 1. The normalized spacial score (nSPS) is 10.2. The molecular formula is C19H21NO5. The molecule has 132 valence electrons. The standard InChI is InChI=1S/C19H21NO5/c1-20(2)15-9-10-17(25-12-23-3)16(11-15)18(21)13-5-7-14(8-6-13)19(22)24-4/h5-11H,12H2,1-4H3. The molecular weight excluding hydrogens is 322 g/mol. The SMILES string of the molecule is COCOc1ccc(N(C)C)cc1C(=O)c1ccc(C(=O)OC)cc1. The molecule has 0 aliphatic heterocycles. The summed E-state index contributed by atoms with van der Waals surface area (Å²) in [6.45, 7) is 0.0445. The summed E-state index contributed by atoms with van der Waals surface area (Å²) in [4.78, 5) is 26.3. The van der Waals surface area contributed by atoms with Crippen LogP contribution in [0.1, 0.15) is 26.3 Å². The van der Waals surface area contributed by atoms with E-state index in [-0.39, 0.29) is 12.6 Å². The van der Waals surface area contributed by atoms with Crippen molar-refractivity contribution >= 4 is 17.4 Å². The molecule has 2 aromatic carbocycles. The summed E-state index contributed by atoms with van der Waals surface area (Å²) < 4.78 is 15.1. The molecule has 0 bridgehead atoms. The van der Waals surface area contributed by atoms with Crippen LogP contribution in [0.5, 0.6) is 5.75 Å². The van der Waals surface area contributed by atoms with Crippen LogP contribution in [0, 0.1) is 0 Å². The first-order chi connectivity index (χ1) is 12.0. The van der Waals surface area contributed by atoms with Gasteiger partial charge in [0.1, 0.15) is 5.75 Å². The molecule has 0 fully saturated rings. The van der Waals surface area contributed by atoms with E-state index in [4.69, 9.17) is 9.47 Å². The maximum Gasteiger partial charge on any atom is 0.337 e. The summed E-state index contributed by atoms with van der Waals surface area (Å²) in [6.07, 6.45) is 0. The van der Waals surface area contributed by atoms with Crippen molar-refractivity contribution in [1.82, 2.24) is 0 Å². The van der Waals surface area contributed by atoms with E-state index in [1.165, 1.54) is 14.2 Å². The van der Waals surface area contributed by atoms with E-state index < -0.39 is 5.97 Å². The van der Waals surface area contributed by atoms with Gasteiger partial charge in [-0.05, 0) is 30.3 Å². The van der Waals surface area contributed by atoms with Crippen molar-refractivity contribution in [3.63, 3.8) is 0 Å². The third kappa shape index (κ3) is 4.36. The molecule has 2 rings (SSSR count). The first kappa shape index (κ1) is 18.5. The number of ketones is 1. The Hall–Kier alpha value is -2.86. The zero-order valence-electron chi connectivity index (χ0n) is 14.7. The second-order valence-electron chi connectivity index (χ2n) is 5.52. The maximum absolute atomic E-state index is 12.9. The first-order valence-corrected chi connectivity index (χ1v) is 7.64. The van der Waals surface area contributed by atoms with Crippen molar-refractivity contribution < 1.29 is 23.8 Å². The van der Waals surface area contributed by atoms with Gasteiger partial charge in [0.05, 0.1) is 18.2 Å². The molecule has 6 heteroatoms. The first-order valence-electron chi connectivity index (χ1n) is 7.64. The largest absolute Gasteiger partial charge is 0.467 e. The van der Waals surface area contributed by atoms with Crippen molar-refractivity contribution in [3.05, 3.63) is 59.2 Å². The van der Waals surface area contributed by atoms with Crippen molar-refractivity contribution in [1.29, 1.82) is 0 Å². The number of carbonyl (C=O) groups is 2. The number of carbonyl (C=O) groups excluding carboxylic acids is 2. The van der Waals surface area contributed by atoms with E-state index >= 15 is 0 Å². The molecule has 0 amide bonds. The second-order valence-corrected chi connectivity index (χ2v) is 5.52. The summed E-state index contributed by atoms with van der Waals surface area (Å²) in [5, 5.41) is 0. The topological polar surface area (TPSA) is 65.1 Å². The number of hydrogen-bond acceptors (Lipinski definition) is 6. The van der Waals surface area contributed by atoms with E-state index in [0.717, 1.165) is 5.69 Å². The van der Waals surface area contributed by atoms with Crippen LogP contribution in [0.3, 0.4) is 0 Å². The molecule has 0 atom stereocenters. The minimum absolute atomic E-state index is 0.0445. The summed E-state index contributed by atoms with van der Waals surface area (Å²) in [5.74, 6) is -0.210. The molecule has 0 aliphatic carbocycles. The average Bonchev–Trinajstić information content (AvgIpc) is 2.65. The van der Waals surface area contributed by atoms with Gasteiger partial charge >= 0.3 is 5.97 Å². The van der Waals surface area contributed by atoms with Crippen molar-refractivity contribution in [2.75, 3.05) is 40.0 Å². The van der Waals surface area contributed by atoms with Crippen molar-refractivity contribution in [2.45, 2.75) is 0 Å². The molecule has 6 nitrogen and oxygen atoms in total. The predicted molar refractivity (Wildman–Crippen MR) is 94.5 cm³/mol. The minimum atomic E-state index is -0.447. The summed E-state index contributed by atoms with van der Waals surface area (Å²) in [7, 11) is 6.61. The fraction of sp³-hybridized carbons (Fsp3) is 0.263. The number of nitrogens with zero attached hydrogens (tertiary/aromatic N) is 1. The van der Waals surface area contributed by atoms with Gasteiger partial charge in [0.2, 0.25) is 0 Å². The van der Waals surface area contributed by atoms with Crippen LogP contribution >= 0.6 is 0 Å². The van der Waals surface area contributed by atoms with Gasteiger partial charge < -0.3 is 19.1 Å². The molecule has 0 aromatic heterocycles. The van der Waals surface area contributed by atoms with E-state index in [1.807, 2.05) is 25.1 Å². The van der Waals surface area contributed by atoms with Gasteiger partial charge in [-0.2, -0.15) is 0 Å². The fourth-order valence-electron chi connectivity index (χ4n) is 2.25. The Labute approximate surface area is 146 Å². The van der Waals surface area contributed by atoms with Gasteiger partial charge in [-0.3, -0.25) is 4.79 Å². The molecule has 0 aliphatic rings. The van der Waals surface area contributed by atoms with Crippen LogP contribution in [0.15, 0.2) is 42.5 Å². The van der Waals surface area contributed by atoms with Gasteiger partial charge in [0.15, 0.2) is 12.6 Å². The lowest BCUT2D eigenvalue weighted by Gasteiger charge is -2.16. The smallest absolute Gasteiger partial charge is 0.337 e. The number of hydrogen-bond donors (Lipinski definition) is 0. The van der Waals surface area contributed by atoms with Crippen LogP contribution < -0.4 is 9.64 Å². The van der Waals surface area contributed by atoms with E-state index in [0.29, 0.717) is 22.4 Å². The van der Waals surface area contributed by atoms with E-state index in [1.54, 1.807) is 36.4 Å². The Morgan fingerprint density at radius 2 is 1.60 bits per heavy atom. The highest BCUT2D eigenvalue weighted by Gasteiger charge is 2.17. The molecule has 0 spiro atoms. The van der Waals surface area contributed by atoms with E-state index in [9.17, 15) is 9.59 Å². The molecule has 0 heterocycles. The average molecular weight is 343 g/mol. The summed E-state index contributed by atoms with van der Waals surface area (Å²) >= 11 is 0. The van der Waals surface area contributed by atoms with Gasteiger partial charge in [-0.25, -0.2) is 4.79 Å². The Morgan fingerprint density at radius 3 is 2.16 bits per heavy atom. The third-order valence-corrected chi connectivity index (χ3v) is 3.62. The number of esters is 1. The Bertz CT molecular complexity index is 753. The van der Waals surface area contributed by atoms with Gasteiger partial charge in [0.25, 0.3) is 0 Å². The monoisotopic (exact) mass is 343 g/mol. The number of rotatable bonds is 7. The van der Waals surface area contributed by atoms with Gasteiger partial charge in [-0.1, -0.05) is 12.1 Å². The van der Waals surface area contributed by atoms with Gasteiger partial charge in [-0.15, -0.1) is 0 Å². The molecule has 0 radical (unpaired) electrons. The maximum atomic E-state index is 12.9. The molecule has 0 N–H and O–H groups in total. The van der Waals surface area contributed by atoms with Crippen LogP contribution in [-0.4, -0.2) is 46.9 Å². The quantitative estimate of drug-likeness (QED) is 0.438. The highest BCUT2D eigenvalue weighted by Crippen LogP contribution is 2.27. The summed E-state index contributed by atoms with van der Waals surface area (Å²) in [5.41, 5.74) is 2.14. The number of methoxy groups -OCH3 is 2. The molecule has 0 unspecified atom stereocenters. The summed E-state index contributed by atoms with van der Waals surface area (Å²) in [6, 6.07) is 11.7.